The molecule has 0 aromatic rings. The van der Waals surface area contributed by atoms with E-state index in [1.807, 2.05) is 0 Å². The highest BCUT2D eigenvalue weighted by molar-refractivity contribution is 5.81. The van der Waals surface area contributed by atoms with Gasteiger partial charge < -0.3 is 5.32 Å². The van der Waals surface area contributed by atoms with E-state index in [0.717, 1.165) is 30.0 Å². The molecule has 1 saturated carbocycles. The molecule has 10 heavy (non-hydrogen) atoms. The molecule has 2 heteroatoms. The van der Waals surface area contributed by atoms with Crippen LogP contribution in [0, 0.1) is 23.2 Å². The van der Waals surface area contributed by atoms with Crippen molar-refractivity contribution in [3.8, 4) is 0 Å². The van der Waals surface area contributed by atoms with Crippen molar-refractivity contribution < 1.29 is 0 Å². The number of fused-ring (bicyclic) bond motifs is 1. The largest absolute Gasteiger partial charge is 0.371 e. The Hall–Kier alpha value is -0.530. The molecular weight excluding hydrogens is 124 g/mol. The Morgan fingerprint density at radius 2 is 2.20 bits per heavy atom. The lowest BCUT2D eigenvalue weighted by atomic mass is 9.98. The van der Waals surface area contributed by atoms with E-state index in [9.17, 15) is 0 Å². The van der Waals surface area contributed by atoms with Crippen LogP contribution in [0.2, 0.25) is 0 Å². The standard InChI is InChI=1S/C8H14N2/c1-4-3-6(9)10-8-5(2)7(4)8/h4-5,7-8H,3H2,1-2H3,(H2,9,10). The van der Waals surface area contributed by atoms with Gasteiger partial charge in [-0.05, 0) is 17.8 Å². The van der Waals surface area contributed by atoms with Gasteiger partial charge in [0.05, 0.1) is 5.84 Å². The van der Waals surface area contributed by atoms with Gasteiger partial charge in [-0.2, -0.15) is 0 Å². The highest BCUT2D eigenvalue weighted by Gasteiger charge is 2.52. The van der Waals surface area contributed by atoms with Gasteiger partial charge in [0.15, 0.2) is 0 Å². The van der Waals surface area contributed by atoms with Crippen LogP contribution in [0.1, 0.15) is 20.3 Å². The van der Waals surface area contributed by atoms with Crippen molar-refractivity contribution in [2.24, 2.45) is 17.8 Å². The second-order valence-corrected chi connectivity index (χ2v) is 3.77. The predicted octanol–water partition coefficient (Wildman–Crippen LogP) is 1.23. The first kappa shape index (κ1) is 6.20. The van der Waals surface area contributed by atoms with Crippen LogP contribution in [-0.2, 0) is 0 Å². The van der Waals surface area contributed by atoms with Gasteiger partial charge in [0.2, 0.25) is 0 Å². The Morgan fingerprint density at radius 1 is 1.50 bits per heavy atom. The lowest BCUT2D eigenvalue weighted by Gasteiger charge is -2.18. The van der Waals surface area contributed by atoms with Crippen molar-refractivity contribution in [3.63, 3.8) is 0 Å². The van der Waals surface area contributed by atoms with Crippen molar-refractivity contribution in [1.82, 2.24) is 5.32 Å². The first-order valence-corrected chi connectivity index (χ1v) is 4.04. The Bertz CT molecular complexity index is 166. The maximum atomic E-state index is 7.46. The third-order valence-corrected chi connectivity index (χ3v) is 2.97. The summed E-state index contributed by atoms with van der Waals surface area (Å²) in [5, 5.41) is 10.7. The molecule has 2 nitrogen and oxygen atoms in total. The van der Waals surface area contributed by atoms with E-state index in [1.165, 1.54) is 0 Å². The van der Waals surface area contributed by atoms with Crippen LogP contribution in [0.25, 0.3) is 0 Å². The Labute approximate surface area is 61.5 Å². The molecule has 1 aliphatic carbocycles. The summed E-state index contributed by atoms with van der Waals surface area (Å²) in [7, 11) is 0. The van der Waals surface area contributed by atoms with Gasteiger partial charge >= 0.3 is 0 Å². The van der Waals surface area contributed by atoms with Gasteiger partial charge in [0, 0.05) is 12.5 Å². The molecule has 0 spiro atoms. The van der Waals surface area contributed by atoms with Crippen molar-refractivity contribution in [2.45, 2.75) is 26.3 Å². The van der Waals surface area contributed by atoms with E-state index in [4.69, 9.17) is 5.41 Å². The fraction of sp³-hybridized carbons (Fsp3) is 0.875. The monoisotopic (exact) mass is 138 g/mol. The van der Waals surface area contributed by atoms with E-state index in [2.05, 4.69) is 19.2 Å². The molecule has 2 aliphatic rings. The lowest BCUT2D eigenvalue weighted by Crippen LogP contribution is -2.33. The SMILES string of the molecule is CC1CC(=N)NC2C(C)C12. The molecule has 1 aliphatic heterocycles. The molecule has 1 heterocycles. The minimum atomic E-state index is 0.649. The number of rotatable bonds is 0. The molecule has 4 unspecified atom stereocenters. The summed E-state index contributed by atoms with van der Waals surface area (Å²) in [6.45, 7) is 4.54. The molecule has 1 saturated heterocycles. The predicted molar refractivity (Wildman–Crippen MR) is 41.1 cm³/mol. The first-order chi connectivity index (χ1) is 4.70. The molecule has 0 aromatic carbocycles. The summed E-state index contributed by atoms with van der Waals surface area (Å²) in [6.07, 6.45) is 0.964. The number of nitrogens with one attached hydrogen (secondary N) is 2. The van der Waals surface area contributed by atoms with Crippen LogP contribution in [0.4, 0.5) is 0 Å². The minimum absolute atomic E-state index is 0.649. The zero-order valence-electron chi connectivity index (χ0n) is 6.52. The van der Waals surface area contributed by atoms with Gasteiger partial charge in [-0.15, -0.1) is 0 Å². The minimum Gasteiger partial charge on any atom is -0.371 e. The zero-order chi connectivity index (χ0) is 7.30. The van der Waals surface area contributed by atoms with Crippen LogP contribution >= 0.6 is 0 Å². The van der Waals surface area contributed by atoms with Crippen LogP contribution in [-0.4, -0.2) is 11.9 Å². The van der Waals surface area contributed by atoms with Crippen molar-refractivity contribution >= 4 is 5.84 Å². The normalized spacial score (nSPS) is 51.6. The topological polar surface area (TPSA) is 35.9 Å². The Balaban J connectivity index is 2.09. The van der Waals surface area contributed by atoms with Crippen molar-refractivity contribution in [2.75, 3.05) is 0 Å². The maximum absolute atomic E-state index is 7.46. The fourth-order valence-corrected chi connectivity index (χ4v) is 2.31. The Morgan fingerprint density at radius 3 is 2.80 bits per heavy atom. The molecule has 2 rings (SSSR count). The summed E-state index contributed by atoms with van der Waals surface area (Å²) in [5.41, 5.74) is 0. The first-order valence-electron chi connectivity index (χ1n) is 4.04. The summed E-state index contributed by atoms with van der Waals surface area (Å²) >= 11 is 0. The second kappa shape index (κ2) is 1.74. The molecule has 2 N–H and O–H groups in total. The number of hydrogen-bond acceptors (Lipinski definition) is 1. The molecule has 56 valence electrons. The van der Waals surface area contributed by atoms with Crippen LogP contribution in [0.5, 0.6) is 0 Å². The molecule has 2 fully saturated rings. The van der Waals surface area contributed by atoms with E-state index in [0.29, 0.717) is 6.04 Å². The summed E-state index contributed by atoms with van der Waals surface area (Å²) in [4.78, 5) is 0. The fourth-order valence-electron chi connectivity index (χ4n) is 2.31. The van der Waals surface area contributed by atoms with E-state index in [-0.39, 0.29) is 0 Å². The summed E-state index contributed by atoms with van der Waals surface area (Å²) < 4.78 is 0. The summed E-state index contributed by atoms with van der Waals surface area (Å²) in [5.74, 6) is 3.18. The smallest absolute Gasteiger partial charge is 0.0936 e. The van der Waals surface area contributed by atoms with Gasteiger partial charge in [-0.25, -0.2) is 0 Å². The van der Waals surface area contributed by atoms with Gasteiger partial charge in [0.1, 0.15) is 0 Å². The van der Waals surface area contributed by atoms with Gasteiger partial charge in [-0.1, -0.05) is 13.8 Å². The lowest BCUT2D eigenvalue weighted by molar-refractivity contribution is 0.462. The molecule has 0 bridgehead atoms. The highest BCUT2D eigenvalue weighted by atomic mass is 15.1. The number of piperidine rings is 1. The number of amidine groups is 1. The van der Waals surface area contributed by atoms with Crippen molar-refractivity contribution in [3.05, 3.63) is 0 Å². The van der Waals surface area contributed by atoms with Crippen molar-refractivity contribution in [1.29, 1.82) is 5.41 Å². The average Bonchev–Trinajstić information content (AvgIpc) is 2.42. The molecule has 0 aromatic heterocycles. The second-order valence-electron chi connectivity index (χ2n) is 3.77. The Kier molecular flexibility index (Phi) is 1.08. The van der Waals surface area contributed by atoms with Crippen LogP contribution in [0.15, 0.2) is 0 Å². The molecule has 0 radical (unpaired) electrons. The molecule has 4 atom stereocenters. The maximum Gasteiger partial charge on any atom is 0.0936 e. The quantitative estimate of drug-likeness (QED) is 0.519. The highest BCUT2D eigenvalue weighted by Crippen LogP contribution is 2.47. The average molecular weight is 138 g/mol. The zero-order valence-corrected chi connectivity index (χ0v) is 6.52. The van der Waals surface area contributed by atoms with Crippen LogP contribution < -0.4 is 5.32 Å². The van der Waals surface area contributed by atoms with Gasteiger partial charge in [0.25, 0.3) is 0 Å². The molecular formula is C8H14N2. The third-order valence-electron chi connectivity index (χ3n) is 2.97. The van der Waals surface area contributed by atoms with Gasteiger partial charge in [-0.3, -0.25) is 5.41 Å². The number of hydrogen-bond donors (Lipinski definition) is 2. The van der Waals surface area contributed by atoms with E-state index in [1.54, 1.807) is 0 Å². The molecule has 0 amide bonds. The van der Waals surface area contributed by atoms with E-state index >= 15 is 0 Å². The van der Waals surface area contributed by atoms with E-state index < -0.39 is 0 Å². The third kappa shape index (κ3) is 0.678. The van der Waals surface area contributed by atoms with Crippen LogP contribution in [0.3, 0.4) is 0 Å². The summed E-state index contributed by atoms with van der Waals surface area (Å²) in [6, 6.07) is 0.649.